The number of nitrogens with one attached hydrogen (secondary N) is 1. The van der Waals surface area contributed by atoms with Crippen molar-refractivity contribution in [3.8, 4) is 0 Å². The highest BCUT2D eigenvalue weighted by Gasteiger charge is 2.20. The number of nitrogens with zero attached hydrogens (tertiary/aromatic N) is 2. The van der Waals surface area contributed by atoms with E-state index in [0.717, 1.165) is 31.6 Å². The first-order valence-corrected chi connectivity index (χ1v) is 5.41. The van der Waals surface area contributed by atoms with Gasteiger partial charge in [-0.2, -0.15) is 0 Å². The minimum Gasteiger partial charge on any atom is -0.310 e. The Morgan fingerprint density at radius 1 is 1.47 bits per heavy atom. The Morgan fingerprint density at radius 2 is 2.13 bits per heavy atom. The summed E-state index contributed by atoms with van der Waals surface area (Å²) in [5.74, 6) is 0.561. The van der Waals surface area contributed by atoms with Gasteiger partial charge in [0.15, 0.2) is 0 Å². The molecule has 1 aromatic rings. The average Bonchev–Trinajstić information content (AvgIpc) is 2.20. The van der Waals surface area contributed by atoms with Crippen molar-refractivity contribution in [3.05, 3.63) is 27.9 Å². The fraction of sp³-hybridized carbons (Fsp3) is 0.636. The van der Waals surface area contributed by atoms with Crippen LogP contribution in [-0.2, 0) is 0 Å². The van der Waals surface area contributed by atoms with Crippen molar-refractivity contribution >= 4 is 0 Å². The van der Waals surface area contributed by atoms with Crippen LogP contribution in [0.1, 0.15) is 30.0 Å². The number of aromatic amines is 1. The summed E-state index contributed by atoms with van der Waals surface area (Å²) >= 11 is 0. The summed E-state index contributed by atoms with van der Waals surface area (Å²) in [4.78, 5) is 19.9. The van der Waals surface area contributed by atoms with Crippen LogP contribution in [0.25, 0.3) is 0 Å². The van der Waals surface area contributed by atoms with E-state index in [2.05, 4.69) is 21.9 Å². The van der Waals surface area contributed by atoms with E-state index in [1.807, 2.05) is 6.92 Å². The van der Waals surface area contributed by atoms with Crippen molar-refractivity contribution in [1.82, 2.24) is 14.9 Å². The zero-order valence-electron chi connectivity index (χ0n) is 9.29. The molecule has 0 bridgehead atoms. The third-order valence-electron chi connectivity index (χ3n) is 3.21. The lowest BCUT2D eigenvalue weighted by Crippen LogP contribution is -2.30. The van der Waals surface area contributed by atoms with Crippen molar-refractivity contribution in [2.45, 2.75) is 25.7 Å². The molecule has 0 aromatic carbocycles. The summed E-state index contributed by atoms with van der Waals surface area (Å²) in [6.07, 6.45) is 4.06. The van der Waals surface area contributed by atoms with E-state index in [0.29, 0.717) is 5.92 Å². The number of H-pyrrole nitrogens is 1. The zero-order valence-corrected chi connectivity index (χ0v) is 9.29. The largest absolute Gasteiger partial charge is 0.345 e. The van der Waals surface area contributed by atoms with Crippen molar-refractivity contribution in [2.24, 2.45) is 0 Å². The fourth-order valence-corrected chi connectivity index (χ4v) is 2.22. The van der Waals surface area contributed by atoms with Gasteiger partial charge in [0.2, 0.25) is 0 Å². The molecule has 1 fully saturated rings. The molecule has 0 aliphatic carbocycles. The van der Waals surface area contributed by atoms with Crippen molar-refractivity contribution in [3.63, 3.8) is 0 Å². The quantitative estimate of drug-likeness (QED) is 0.744. The van der Waals surface area contributed by atoms with Gasteiger partial charge in [-0.1, -0.05) is 0 Å². The number of aryl methyl sites for hydroxylation is 1. The van der Waals surface area contributed by atoms with Gasteiger partial charge in [-0.15, -0.1) is 0 Å². The zero-order chi connectivity index (χ0) is 10.8. The number of likely N-dealkylation sites (tertiary alicyclic amines) is 1. The fourth-order valence-electron chi connectivity index (χ4n) is 2.22. The average molecular weight is 207 g/mol. The van der Waals surface area contributed by atoms with Crippen LogP contribution in [0.5, 0.6) is 0 Å². The van der Waals surface area contributed by atoms with E-state index in [1.165, 1.54) is 5.56 Å². The maximum absolute atomic E-state index is 11.0. The Kier molecular flexibility index (Phi) is 2.86. The molecule has 1 aromatic heterocycles. The number of piperidine rings is 1. The van der Waals surface area contributed by atoms with Crippen molar-refractivity contribution in [1.29, 1.82) is 0 Å². The van der Waals surface area contributed by atoms with Crippen LogP contribution in [0.2, 0.25) is 0 Å². The summed E-state index contributed by atoms with van der Waals surface area (Å²) in [5, 5.41) is 0. The smallest absolute Gasteiger partial charge is 0.310 e. The molecule has 1 saturated heterocycles. The molecule has 2 heterocycles. The standard InChI is InChI=1S/C11H17N3O/c1-8-10(7-12-11(15)13-8)9-3-5-14(2)6-4-9/h7,9H,3-6H2,1-2H3,(H,12,13,15). The van der Waals surface area contributed by atoms with Crippen LogP contribution in [-0.4, -0.2) is 35.0 Å². The molecule has 82 valence electrons. The maximum atomic E-state index is 11.0. The Bertz CT molecular complexity index is 391. The third-order valence-corrected chi connectivity index (χ3v) is 3.21. The van der Waals surface area contributed by atoms with Crippen LogP contribution >= 0.6 is 0 Å². The topological polar surface area (TPSA) is 49.0 Å². The summed E-state index contributed by atoms with van der Waals surface area (Å²) in [6.45, 7) is 4.21. The van der Waals surface area contributed by atoms with E-state index in [-0.39, 0.29) is 5.69 Å². The molecule has 4 nitrogen and oxygen atoms in total. The predicted molar refractivity (Wildman–Crippen MR) is 59.1 cm³/mol. The van der Waals surface area contributed by atoms with Crippen LogP contribution in [0.3, 0.4) is 0 Å². The Labute approximate surface area is 89.3 Å². The molecule has 1 aliphatic heterocycles. The number of rotatable bonds is 1. The first-order valence-electron chi connectivity index (χ1n) is 5.41. The number of hydrogen-bond acceptors (Lipinski definition) is 3. The van der Waals surface area contributed by atoms with Crippen LogP contribution in [0.15, 0.2) is 11.0 Å². The summed E-state index contributed by atoms with van der Waals surface area (Å²) in [6, 6.07) is 0. The van der Waals surface area contributed by atoms with E-state index in [9.17, 15) is 4.79 Å². The van der Waals surface area contributed by atoms with Crippen LogP contribution in [0, 0.1) is 6.92 Å². The molecule has 15 heavy (non-hydrogen) atoms. The molecule has 1 N–H and O–H groups in total. The molecule has 0 spiro atoms. The molecule has 1 aliphatic rings. The SMILES string of the molecule is Cc1[nH]c(=O)ncc1C1CCN(C)CC1. The lowest BCUT2D eigenvalue weighted by Gasteiger charge is -2.29. The Hall–Kier alpha value is -1.16. The van der Waals surface area contributed by atoms with Gasteiger partial charge in [0.1, 0.15) is 0 Å². The second-order valence-electron chi connectivity index (χ2n) is 4.35. The molecular formula is C11H17N3O. The molecule has 0 unspecified atom stereocenters. The van der Waals surface area contributed by atoms with Crippen LogP contribution in [0.4, 0.5) is 0 Å². The van der Waals surface area contributed by atoms with Gasteiger partial charge >= 0.3 is 5.69 Å². The first kappa shape index (κ1) is 10.4. The van der Waals surface area contributed by atoms with Crippen molar-refractivity contribution < 1.29 is 0 Å². The van der Waals surface area contributed by atoms with Crippen LogP contribution < -0.4 is 5.69 Å². The van der Waals surface area contributed by atoms with Gasteiger partial charge in [-0.3, -0.25) is 0 Å². The predicted octanol–water partition coefficient (Wildman–Crippen LogP) is 0.888. The second-order valence-corrected chi connectivity index (χ2v) is 4.35. The highest BCUT2D eigenvalue weighted by atomic mass is 16.1. The molecule has 0 amide bonds. The van der Waals surface area contributed by atoms with Gasteiger partial charge in [-0.05, 0) is 51.4 Å². The Balaban J connectivity index is 2.19. The van der Waals surface area contributed by atoms with Crippen molar-refractivity contribution in [2.75, 3.05) is 20.1 Å². The highest BCUT2D eigenvalue weighted by molar-refractivity contribution is 5.20. The number of hydrogen-bond donors (Lipinski definition) is 1. The highest BCUT2D eigenvalue weighted by Crippen LogP contribution is 2.27. The first-order chi connectivity index (χ1) is 7.16. The Morgan fingerprint density at radius 3 is 2.73 bits per heavy atom. The van der Waals surface area contributed by atoms with Gasteiger partial charge in [0, 0.05) is 11.9 Å². The summed E-state index contributed by atoms with van der Waals surface area (Å²) in [7, 11) is 2.15. The van der Waals surface area contributed by atoms with Gasteiger partial charge < -0.3 is 9.88 Å². The van der Waals surface area contributed by atoms with Gasteiger partial charge in [-0.25, -0.2) is 9.78 Å². The second kappa shape index (κ2) is 4.14. The lowest BCUT2D eigenvalue weighted by molar-refractivity contribution is 0.254. The number of aromatic nitrogens is 2. The van der Waals surface area contributed by atoms with E-state index < -0.39 is 0 Å². The molecule has 0 atom stereocenters. The van der Waals surface area contributed by atoms with E-state index >= 15 is 0 Å². The van der Waals surface area contributed by atoms with E-state index in [1.54, 1.807) is 6.20 Å². The molecule has 2 rings (SSSR count). The van der Waals surface area contributed by atoms with Gasteiger partial charge in [0.05, 0.1) is 0 Å². The third kappa shape index (κ3) is 2.26. The molecule has 0 saturated carbocycles. The molecular weight excluding hydrogens is 190 g/mol. The summed E-state index contributed by atoms with van der Waals surface area (Å²) in [5.41, 5.74) is 1.94. The minimum atomic E-state index is -0.246. The summed E-state index contributed by atoms with van der Waals surface area (Å²) < 4.78 is 0. The van der Waals surface area contributed by atoms with Gasteiger partial charge in [0.25, 0.3) is 0 Å². The maximum Gasteiger partial charge on any atom is 0.345 e. The molecule has 0 radical (unpaired) electrons. The minimum absolute atomic E-state index is 0.246. The van der Waals surface area contributed by atoms with E-state index in [4.69, 9.17) is 0 Å². The molecule has 4 heteroatoms. The lowest BCUT2D eigenvalue weighted by atomic mass is 9.90. The monoisotopic (exact) mass is 207 g/mol. The normalized spacial score (nSPS) is 19.3.